The van der Waals surface area contributed by atoms with Crippen LogP contribution in [0.15, 0.2) is 0 Å². The van der Waals surface area contributed by atoms with Crippen molar-refractivity contribution in [3.8, 4) is 0 Å². The highest BCUT2D eigenvalue weighted by molar-refractivity contribution is 14.1. The molecule has 0 spiro atoms. The number of carbonyl (C=O) groups is 1. The van der Waals surface area contributed by atoms with E-state index >= 15 is 0 Å². The molecule has 1 aliphatic carbocycles. The molecule has 0 unspecified atom stereocenters. The fraction of sp³-hybridized carbons (Fsp3) is 0.938. The number of halogens is 1. The van der Waals surface area contributed by atoms with E-state index in [4.69, 9.17) is 0 Å². The van der Waals surface area contributed by atoms with Crippen molar-refractivity contribution in [3.63, 3.8) is 0 Å². The van der Waals surface area contributed by atoms with Crippen LogP contribution in [0.1, 0.15) is 51.9 Å². The van der Waals surface area contributed by atoms with E-state index in [1.807, 2.05) is 4.90 Å². The summed E-state index contributed by atoms with van der Waals surface area (Å²) in [5.41, 5.74) is 0. The quantitative estimate of drug-likeness (QED) is 0.407. The predicted molar refractivity (Wildman–Crippen MR) is 92.3 cm³/mol. The number of nitrogens with zero attached hydrogens (tertiary/aromatic N) is 2. The number of unbranched alkanes of at least 4 members (excludes halogenated alkanes) is 1. The maximum absolute atomic E-state index is 11.3. The highest BCUT2D eigenvalue weighted by Gasteiger charge is 2.20. The van der Waals surface area contributed by atoms with Gasteiger partial charge in [0, 0.05) is 37.0 Å². The third-order valence-corrected chi connectivity index (χ3v) is 6.18. The van der Waals surface area contributed by atoms with Gasteiger partial charge in [0.1, 0.15) is 0 Å². The fourth-order valence-electron chi connectivity index (χ4n) is 3.47. The smallest absolute Gasteiger partial charge is 0.219 e. The van der Waals surface area contributed by atoms with Crippen LogP contribution in [-0.2, 0) is 4.79 Å². The second kappa shape index (κ2) is 8.57. The summed E-state index contributed by atoms with van der Waals surface area (Å²) in [6.07, 6.45) is 9.98. The van der Waals surface area contributed by atoms with Crippen molar-refractivity contribution >= 4 is 28.5 Å². The van der Waals surface area contributed by atoms with Gasteiger partial charge in [0.2, 0.25) is 5.91 Å². The lowest BCUT2D eigenvalue weighted by Crippen LogP contribution is -2.48. The van der Waals surface area contributed by atoms with Gasteiger partial charge in [-0.2, -0.15) is 0 Å². The molecule has 0 aromatic heterocycles. The molecule has 2 fully saturated rings. The SMILES string of the molecule is CC(=O)N1CCN(CCCC[C@H]2CC[C@H](I)CC2)CC1. The molecule has 1 aliphatic heterocycles. The van der Waals surface area contributed by atoms with Crippen molar-refractivity contribution in [2.45, 2.75) is 55.8 Å². The van der Waals surface area contributed by atoms with Gasteiger partial charge in [-0.15, -0.1) is 0 Å². The number of alkyl halides is 1. The summed E-state index contributed by atoms with van der Waals surface area (Å²) in [6.45, 7) is 6.90. The van der Waals surface area contributed by atoms with Crippen molar-refractivity contribution in [1.82, 2.24) is 9.80 Å². The molecule has 3 nitrogen and oxygen atoms in total. The molecule has 4 heteroatoms. The van der Waals surface area contributed by atoms with Crippen LogP contribution in [0.5, 0.6) is 0 Å². The van der Waals surface area contributed by atoms with Gasteiger partial charge >= 0.3 is 0 Å². The molecule has 1 heterocycles. The third-order valence-electron chi connectivity index (χ3n) is 4.93. The van der Waals surface area contributed by atoms with Gasteiger partial charge in [0.05, 0.1) is 0 Å². The molecular weight excluding hydrogens is 363 g/mol. The van der Waals surface area contributed by atoms with E-state index < -0.39 is 0 Å². The van der Waals surface area contributed by atoms with Gasteiger partial charge in [-0.25, -0.2) is 0 Å². The molecule has 0 radical (unpaired) electrons. The first kappa shape index (κ1) is 16.5. The van der Waals surface area contributed by atoms with Gasteiger partial charge in [0.25, 0.3) is 0 Å². The van der Waals surface area contributed by atoms with E-state index in [0.29, 0.717) is 0 Å². The number of carbonyl (C=O) groups excluding carboxylic acids is 1. The molecule has 2 rings (SSSR count). The Balaban J connectivity index is 1.50. The fourth-order valence-corrected chi connectivity index (χ4v) is 4.18. The molecule has 0 N–H and O–H groups in total. The van der Waals surface area contributed by atoms with Crippen molar-refractivity contribution in [2.24, 2.45) is 5.92 Å². The summed E-state index contributed by atoms with van der Waals surface area (Å²) >= 11 is 2.61. The van der Waals surface area contributed by atoms with Crippen LogP contribution in [-0.4, -0.2) is 52.4 Å². The van der Waals surface area contributed by atoms with Crippen LogP contribution in [0.25, 0.3) is 0 Å². The summed E-state index contributed by atoms with van der Waals surface area (Å²) in [5.74, 6) is 1.24. The van der Waals surface area contributed by atoms with Gasteiger partial charge in [0.15, 0.2) is 0 Å². The minimum Gasteiger partial charge on any atom is -0.340 e. The van der Waals surface area contributed by atoms with Crippen LogP contribution in [0.4, 0.5) is 0 Å². The molecule has 2 aliphatic rings. The first-order chi connectivity index (χ1) is 9.65. The first-order valence-electron chi connectivity index (χ1n) is 8.27. The monoisotopic (exact) mass is 392 g/mol. The van der Waals surface area contributed by atoms with Crippen LogP contribution < -0.4 is 0 Å². The Morgan fingerprint density at radius 2 is 1.70 bits per heavy atom. The van der Waals surface area contributed by atoms with Gasteiger partial charge in [-0.3, -0.25) is 9.69 Å². The summed E-state index contributed by atoms with van der Waals surface area (Å²) in [7, 11) is 0. The summed E-state index contributed by atoms with van der Waals surface area (Å²) < 4.78 is 0.946. The average Bonchev–Trinajstić information content (AvgIpc) is 2.46. The lowest BCUT2D eigenvalue weighted by Gasteiger charge is -2.34. The van der Waals surface area contributed by atoms with Crippen molar-refractivity contribution < 1.29 is 4.79 Å². The van der Waals surface area contributed by atoms with Crippen LogP contribution >= 0.6 is 22.6 Å². The highest BCUT2D eigenvalue weighted by atomic mass is 127. The van der Waals surface area contributed by atoms with Crippen LogP contribution in [0.2, 0.25) is 0 Å². The number of rotatable bonds is 5. The zero-order chi connectivity index (χ0) is 14.4. The summed E-state index contributed by atoms with van der Waals surface area (Å²) in [6, 6.07) is 0. The Bertz CT molecular complexity index is 295. The summed E-state index contributed by atoms with van der Waals surface area (Å²) in [4.78, 5) is 15.8. The second-order valence-electron chi connectivity index (χ2n) is 6.46. The van der Waals surface area contributed by atoms with Crippen LogP contribution in [0.3, 0.4) is 0 Å². The predicted octanol–water partition coefficient (Wildman–Crippen LogP) is 3.31. The molecular formula is C16H29IN2O. The first-order valence-corrected chi connectivity index (χ1v) is 9.51. The third kappa shape index (κ3) is 5.51. The zero-order valence-electron chi connectivity index (χ0n) is 12.8. The Hall–Kier alpha value is 0.160. The minimum absolute atomic E-state index is 0.232. The lowest BCUT2D eigenvalue weighted by molar-refractivity contribution is -0.130. The number of hydrogen-bond donors (Lipinski definition) is 0. The molecule has 0 aromatic carbocycles. The van der Waals surface area contributed by atoms with Gasteiger partial charge in [-0.1, -0.05) is 35.4 Å². The van der Waals surface area contributed by atoms with E-state index in [0.717, 1.165) is 36.0 Å². The Morgan fingerprint density at radius 3 is 2.30 bits per heavy atom. The number of amides is 1. The maximum atomic E-state index is 11.3. The van der Waals surface area contributed by atoms with Gasteiger partial charge in [-0.05, 0) is 44.6 Å². The van der Waals surface area contributed by atoms with E-state index in [2.05, 4.69) is 27.5 Å². The Kier molecular flexibility index (Phi) is 7.08. The molecule has 0 aromatic rings. The Labute approximate surface area is 137 Å². The molecule has 116 valence electrons. The van der Waals surface area contributed by atoms with Crippen molar-refractivity contribution in [1.29, 1.82) is 0 Å². The lowest BCUT2D eigenvalue weighted by atomic mass is 9.86. The Morgan fingerprint density at radius 1 is 1.05 bits per heavy atom. The number of hydrogen-bond acceptors (Lipinski definition) is 2. The average molecular weight is 392 g/mol. The molecule has 1 saturated carbocycles. The van der Waals surface area contributed by atoms with E-state index in [9.17, 15) is 4.79 Å². The summed E-state index contributed by atoms with van der Waals surface area (Å²) in [5, 5.41) is 0. The maximum Gasteiger partial charge on any atom is 0.219 e. The zero-order valence-corrected chi connectivity index (χ0v) is 15.0. The van der Waals surface area contributed by atoms with Crippen LogP contribution in [0, 0.1) is 5.92 Å². The molecule has 20 heavy (non-hydrogen) atoms. The van der Waals surface area contributed by atoms with Crippen molar-refractivity contribution in [2.75, 3.05) is 32.7 Å². The van der Waals surface area contributed by atoms with E-state index in [1.165, 1.54) is 51.5 Å². The molecule has 0 bridgehead atoms. The molecule has 0 atom stereocenters. The van der Waals surface area contributed by atoms with E-state index in [-0.39, 0.29) is 5.91 Å². The number of piperazine rings is 1. The molecule has 1 amide bonds. The standard InChI is InChI=1S/C16H29IN2O/c1-14(20)19-12-10-18(11-13-19)9-3-2-4-15-5-7-16(17)8-6-15/h15-16H,2-13H2,1H3/t15-,16-. The second-order valence-corrected chi connectivity index (χ2v) is 8.22. The minimum atomic E-state index is 0.232. The van der Waals surface area contributed by atoms with Gasteiger partial charge < -0.3 is 4.90 Å². The van der Waals surface area contributed by atoms with Crippen molar-refractivity contribution in [3.05, 3.63) is 0 Å². The highest BCUT2D eigenvalue weighted by Crippen LogP contribution is 2.31. The largest absolute Gasteiger partial charge is 0.340 e. The van der Waals surface area contributed by atoms with E-state index in [1.54, 1.807) is 6.92 Å². The topological polar surface area (TPSA) is 23.6 Å². The normalized spacial score (nSPS) is 28.6. The molecule has 1 saturated heterocycles.